The molecule has 0 unspecified atom stereocenters. The third-order valence-corrected chi connectivity index (χ3v) is 4.58. The first-order valence-electron chi connectivity index (χ1n) is 5.74. The molecule has 0 bridgehead atoms. The largest absolute Gasteiger partial charge is 0.478 e. The lowest BCUT2D eigenvalue weighted by atomic mass is 10.3. The molecular formula is C12H13Br2N3O2. The molecule has 2 heterocycles. The third kappa shape index (κ3) is 2.76. The number of hydrogen-bond acceptors (Lipinski definition) is 2. The number of carbonyl (C=O) groups is 1. The van der Waals surface area contributed by atoms with Gasteiger partial charge in [-0.15, -0.1) is 0 Å². The summed E-state index contributed by atoms with van der Waals surface area (Å²) < 4.78 is 5.45. The van der Waals surface area contributed by atoms with Crippen LogP contribution < -0.4 is 0 Å². The van der Waals surface area contributed by atoms with Gasteiger partial charge < -0.3 is 9.67 Å². The van der Waals surface area contributed by atoms with Gasteiger partial charge in [-0.05, 0) is 51.8 Å². The standard InChI is InChI=1S/C12H13Br2N3O2/c1-3-17-9(11(14)7(2)15-17)6-16-5-8(12(18)19)4-10(16)13/h4-5H,3,6H2,1-2H3,(H,18,19). The summed E-state index contributed by atoms with van der Waals surface area (Å²) in [5.74, 6) is -0.932. The topological polar surface area (TPSA) is 60.0 Å². The zero-order valence-electron chi connectivity index (χ0n) is 10.5. The summed E-state index contributed by atoms with van der Waals surface area (Å²) >= 11 is 6.91. The zero-order valence-corrected chi connectivity index (χ0v) is 13.7. The fourth-order valence-electron chi connectivity index (χ4n) is 1.90. The smallest absolute Gasteiger partial charge is 0.337 e. The number of aromatic nitrogens is 3. The first-order chi connectivity index (χ1) is 8.93. The van der Waals surface area contributed by atoms with Crippen molar-refractivity contribution in [2.24, 2.45) is 0 Å². The van der Waals surface area contributed by atoms with E-state index in [1.807, 2.05) is 23.1 Å². The maximum Gasteiger partial charge on any atom is 0.337 e. The Morgan fingerprint density at radius 1 is 1.47 bits per heavy atom. The number of hydrogen-bond donors (Lipinski definition) is 1. The third-order valence-electron chi connectivity index (χ3n) is 2.86. The van der Waals surface area contributed by atoms with Crippen molar-refractivity contribution in [2.45, 2.75) is 26.9 Å². The molecule has 0 aliphatic carbocycles. The molecule has 0 saturated heterocycles. The molecule has 1 N–H and O–H groups in total. The van der Waals surface area contributed by atoms with E-state index < -0.39 is 5.97 Å². The Kier molecular flexibility index (Phi) is 4.15. The van der Waals surface area contributed by atoms with Crippen LogP contribution in [0.1, 0.15) is 28.7 Å². The Hall–Kier alpha value is -1.08. The van der Waals surface area contributed by atoms with E-state index in [1.165, 1.54) is 0 Å². The van der Waals surface area contributed by atoms with Crippen LogP contribution in [-0.4, -0.2) is 25.4 Å². The monoisotopic (exact) mass is 389 g/mol. The highest BCUT2D eigenvalue weighted by Crippen LogP contribution is 2.24. The fraction of sp³-hybridized carbons (Fsp3) is 0.333. The second-order valence-electron chi connectivity index (χ2n) is 4.15. The van der Waals surface area contributed by atoms with Crippen LogP contribution in [0.15, 0.2) is 21.3 Å². The molecule has 0 atom stereocenters. The average molecular weight is 391 g/mol. The fourth-order valence-corrected chi connectivity index (χ4v) is 2.78. The van der Waals surface area contributed by atoms with Gasteiger partial charge in [0, 0.05) is 12.7 Å². The summed E-state index contributed by atoms with van der Waals surface area (Å²) in [6, 6.07) is 1.59. The van der Waals surface area contributed by atoms with E-state index in [0.717, 1.165) is 27.0 Å². The Bertz CT molecular complexity index is 631. The van der Waals surface area contributed by atoms with Gasteiger partial charge in [0.05, 0.1) is 32.6 Å². The van der Waals surface area contributed by atoms with Crippen molar-refractivity contribution in [1.82, 2.24) is 14.3 Å². The first-order valence-corrected chi connectivity index (χ1v) is 7.33. The summed E-state index contributed by atoms with van der Waals surface area (Å²) in [6.45, 7) is 5.29. The molecule has 2 aromatic rings. The molecule has 0 radical (unpaired) electrons. The Morgan fingerprint density at radius 2 is 2.16 bits per heavy atom. The molecular weight excluding hydrogens is 378 g/mol. The molecule has 0 saturated carbocycles. The van der Waals surface area contributed by atoms with Crippen LogP contribution >= 0.6 is 31.9 Å². The number of carboxylic acids is 1. The highest BCUT2D eigenvalue weighted by Gasteiger charge is 2.15. The minimum atomic E-state index is -0.932. The lowest BCUT2D eigenvalue weighted by Crippen LogP contribution is -2.08. The maximum atomic E-state index is 11.0. The van der Waals surface area contributed by atoms with Gasteiger partial charge in [0.25, 0.3) is 0 Å². The normalized spacial score (nSPS) is 10.9. The molecule has 0 spiro atoms. The number of carboxylic acid groups (broad SMARTS) is 1. The van der Waals surface area contributed by atoms with Gasteiger partial charge in [0.1, 0.15) is 0 Å². The summed E-state index contributed by atoms with van der Waals surface area (Å²) in [5, 5.41) is 13.4. The molecule has 19 heavy (non-hydrogen) atoms. The van der Waals surface area contributed by atoms with Crippen LogP contribution in [-0.2, 0) is 13.1 Å². The van der Waals surface area contributed by atoms with Crippen molar-refractivity contribution in [3.63, 3.8) is 0 Å². The molecule has 5 nitrogen and oxygen atoms in total. The van der Waals surface area contributed by atoms with Crippen LogP contribution in [0.5, 0.6) is 0 Å². The predicted molar refractivity (Wildman–Crippen MR) is 78.5 cm³/mol. The number of nitrogens with zero attached hydrogens (tertiary/aromatic N) is 3. The highest BCUT2D eigenvalue weighted by molar-refractivity contribution is 9.10. The number of halogens is 2. The Morgan fingerprint density at radius 3 is 2.68 bits per heavy atom. The molecule has 7 heteroatoms. The summed E-state index contributed by atoms with van der Waals surface area (Å²) in [7, 11) is 0. The van der Waals surface area contributed by atoms with Gasteiger partial charge in [-0.3, -0.25) is 4.68 Å². The molecule has 102 valence electrons. The lowest BCUT2D eigenvalue weighted by Gasteiger charge is -2.08. The SMILES string of the molecule is CCn1nc(C)c(Br)c1Cn1cc(C(=O)O)cc1Br. The van der Waals surface area contributed by atoms with E-state index in [1.54, 1.807) is 12.3 Å². The van der Waals surface area contributed by atoms with Crippen molar-refractivity contribution in [3.05, 3.63) is 38.3 Å². The average Bonchev–Trinajstić information content (AvgIpc) is 2.85. The Balaban J connectivity index is 2.38. The van der Waals surface area contributed by atoms with Crippen LogP contribution in [0.3, 0.4) is 0 Å². The van der Waals surface area contributed by atoms with Crippen molar-refractivity contribution in [3.8, 4) is 0 Å². The van der Waals surface area contributed by atoms with Crippen LogP contribution in [0.4, 0.5) is 0 Å². The van der Waals surface area contributed by atoms with Gasteiger partial charge in [0.2, 0.25) is 0 Å². The summed E-state index contributed by atoms with van der Waals surface area (Å²) in [4.78, 5) is 11.0. The second-order valence-corrected chi connectivity index (χ2v) is 5.75. The van der Waals surface area contributed by atoms with Crippen LogP contribution in [0.2, 0.25) is 0 Å². The summed E-state index contributed by atoms with van der Waals surface area (Å²) in [5.41, 5.74) is 2.22. The minimum Gasteiger partial charge on any atom is -0.478 e. The number of aryl methyl sites for hydroxylation is 2. The van der Waals surface area contributed by atoms with E-state index in [9.17, 15) is 4.79 Å². The lowest BCUT2D eigenvalue weighted by molar-refractivity contribution is 0.0697. The molecule has 2 aromatic heterocycles. The zero-order chi connectivity index (χ0) is 14.2. The molecule has 0 aliphatic heterocycles. The van der Waals surface area contributed by atoms with Gasteiger partial charge in [-0.25, -0.2) is 4.79 Å². The van der Waals surface area contributed by atoms with Crippen molar-refractivity contribution in [2.75, 3.05) is 0 Å². The maximum absolute atomic E-state index is 11.0. The van der Waals surface area contributed by atoms with Crippen molar-refractivity contribution in [1.29, 1.82) is 0 Å². The quantitative estimate of drug-likeness (QED) is 0.871. The van der Waals surface area contributed by atoms with Gasteiger partial charge in [-0.1, -0.05) is 0 Å². The van der Waals surface area contributed by atoms with E-state index in [2.05, 4.69) is 37.0 Å². The molecule has 0 fully saturated rings. The van der Waals surface area contributed by atoms with E-state index in [-0.39, 0.29) is 5.56 Å². The van der Waals surface area contributed by atoms with Crippen molar-refractivity contribution >= 4 is 37.8 Å². The highest BCUT2D eigenvalue weighted by atomic mass is 79.9. The first kappa shape index (κ1) is 14.3. The second kappa shape index (κ2) is 5.50. The van der Waals surface area contributed by atoms with Gasteiger partial charge in [-0.2, -0.15) is 5.10 Å². The van der Waals surface area contributed by atoms with E-state index >= 15 is 0 Å². The van der Waals surface area contributed by atoms with Crippen LogP contribution in [0.25, 0.3) is 0 Å². The van der Waals surface area contributed by atoms with Crippen molar-refractivity contribution < 1.29 is 9.90 Å². The Labute approximate surface area is 127 Å². The minimum absolute atomic E-state index is 0.266. The molecule has 0 aromatic carbocycles. The molecule has 0 aliphatic rings. The summed E-state index contributed by atoms with van der Waals surface area (Å²) in [6.07, 6.45) is 1.61. The number of rotatable bonds is 4. The predicted octanol–water partition coefficient (Wildman–Crippen LogP) is 3.28. The number of aromatic carboxylic acids is 1. The molecule has 0 amide bonds. The van der Waals surface area contributed by atoms with Gasteiger partial charge >= 0.3 is 5.97 Å². The van der Waals surface area contributed by atoms with Gasteiger partial charge in [0.15, 0.2) is 0 Å². The van der Waals surface area contributed by atoms with E-state index in [4.69, 9.17) is 5.11 Å². The van der Waals surface area contributed by atoms with E-state index in [0.29, 0.717) is 6.54 Å². The van der Waals surface area contributed by atoms with Crippen LogP contribution in [0, 0.1) is 6.92 Å². The molecule has 2 rings (SSSR count).